The van der Waals surface area contributed by atoms with Crippen molar-refractivity contribution >= 4 is 28.0 Å². The second-order valence-electron chi connectivity index (χ2n) is 12.7. The molecule has 4 fully saturated rings. The van der Waals surface area contributed by atoms with Crippen LogP contribution in [0.3, 0.4) is 0 Å². The molecular weight excluding hydrogens is 474 g/mol. The number of hydrogen-bond acceptors (Lipinski definition) is 2. The van der Waals surface area contributed by atoms with Gasteiger partial charge in [-0.25, -0.2) is 0 Å². The molecule has 4 aliphatic carbocycles. The van der Waals surface area contributed by atoms with Crippen molar-refractivity contribution < 1.29 is 0 Å². The van der Waals surface area contributed by atoms with Crippen LogP contribution in [0.4, 0.5) is 0 Å². The van der Waals surface area contributed by atoms with Crippen molar-refractivity contribution in [3.05, 3.63) is 83.7 Å². The molecule has 4 atom stereocenters. The van der Waals surface area contributed by atoms with Crippen LogP contribution >= 0.6 is 17.2 Å². The first-order chi connectivity index (χ1) is 17.4. The van der Waals surface area contributed by atoms with Gasteiger partial charge in [0.15, 0.2) is 0 Å². The van der Waals surface area contributed by atoms with Gasteiger partial charge in [0.1, 0.15) is 0 Å². The Labute approximate surface area is 221 Å². The van der Waals surface area contributed by atoms with Crippen LogP contribution in [0.15, 0.2) is 67.0 Å². The topological polar surface area (TPSA) is 25.8 Å². The Morgan fingerprint density at radius 2 is 1.53 bits per heavy atom. The summed E-state index contributed by atoms with van der Waals surface area (Å²) in [6.45, 7) is 7.05. The number of hydrogen-bond donors (Lipinski definition) is 0. The van der Waals surface area contributed by atoms with Gasteiger partial charge in [-0.05, 0) is 114 Å². The molecule has 4 unspecified atom stereocenters. The summed E-state index contributed by atoms with van der Waals surface area (Å²) in [6, 6.07) is 20.4. The Hall–Kier alpha value is -1.62. The van der Waals surface area contributed by atoms with Gasteiger partial charge in [0.05, 0.1) is 10.9 Å². The molecule has 0 amide bonds. The minimum atomic E-state index is -0.679. The van der Waals surface area contributed by atoms with Gasteiger partial charge >= 0.3 is 0 Å². The van der Waals surface area contributed by atoms with E-state index in [2.05, 4.69) is 72.5 Å². The summed E-state index contributed by atoms with van der Waals surface area (Å²) >= 11 is 0. The molecule has 36 heavy (non-hydrogen) atoms. The summed E-state index contributed by atoms with van der Waals surface area (Å²) in [5.74, 6) is 3.57. The Kier molecular flexibility index (Phi) is 6.59. The van der Waals surface area contributed by atoms with E-state index in [9.17, 15) is 0 Å². The van der Waals surface area contributed by atoms with E-state index in [1.165, 1.54) is 54.7 Å². The van der Waals surface area contributed by atoms with Crippen molar-refractivity contribution in [1.29, 1.82) is 0 Å². The lowest BCUT2D eigenvalue weighted by atomic mass is 9.43. The van der Waals surface area contributed by atoms with Crippen molar-refractivity contribution in [2.45, 2.75) is 69.9 Å². The zero-order valence-electron chi connectivity index (χ0n) is 22.0. The van der Waals surface area contributed by atoms with Gasteiger partial charge in [-0.1, -0.05) is 51.1 Å². The molecule has 4 heteroatoms. The molecule has 4 saturated carbocycles. The Morgan fingerprint density at radius 1 is 0.889 bits per heavy atom. The van der Waals surface area contributed by atoms with Crippen LogP contribution in [0, 0.1) is 23.7 Å². The molecule has 188 valence electrons. The van der Waals surface area contributed by atoms with Gasteiger partial charge in [-0.2, -0.15) is 0 Å². The fraction of sp³-hybridized carbons (Fsp3) is 0.500. The second kappa shape index (κ2) is 9.60. The summed E-state index contributed by atoms with van der Waals surface area (Å²) < 4.78 is 0. The summed E-state index contributed by atoms with van der Waals surface area (Å²) in [5, 5.41) is 0. The highest BCUT2D eigenvalue weighted by Crippen LogP contribution is 2.64. The fourth-order valence-electron chi connectivity index (χ4n) is 8.14. The molecule has 7 rings (SSSR count). The molecule has 2 aromatic heterocycles. The predicted molar refractivity (Wildman–Crippen MR) is 157 cm³/mol. The number of nitrogens with zero attached hydrogens (tertiary/aromatic N) is 2. The molecule has 4 bridgehead atoms. The number of aromatic nitrogens is 2. The zero-order valence-corrected chi connectivity index (χ0v) is 24.1. The van der Waals surface area contributed by atoms with E-state index in [4.69, 9.17) is 9.97 Å². The third kappa shape index (κ3) is 4.37. The maximum atomic E-state index is 4.86. The molecule has 0 aliphatic heterocycles. The number of benzene rings is 1. The summed E-state index contributed by atoms with van der Waals surface area (Å²) in [6.07, 6.45) is 13.4. The maximum absolute atomic E-state index is 4.86. The lowest BCUT2D eigenvalue weighted by Crippen LogP contribution is -2.56. The van der Waals surface area contributed by atoms with Gasteiger partial charge in [0.25, 0.3) is 0 Å². The van der Waals surface area contributed by atoms with E-state index in [1.807, 2.05) is 24.5 Å². The van der Waals surface area contributed by atoms with Crippen molar-refractivity contribution in [3.63, 3.8) is 0 Å². The van der Waals surface area contributed by atoms with Crippen molar-refractivity contribution in [1.82, 2.24) is 9.97 Å². The number of rotatable bonds is 6. The molecule has 0 N–H and O–H groups in total. The molecule has 0 saturated heterocycles. The van der Waals surface area contributed by atoms with Gasteiger partial charge in [0.2, 0.25) is 0 Å². The Morgan fingerprint density at radius 3 is 2.06 bits per heavy atom. The molecule has 0 spiro atoms. The molecule has 3 aromatic rings. The second-order valence-corrected chi connectivity index (χ2v) is 15.2. The van der Waals surface area contributed by atoms with Crippen LogP contribution < -0.4 is 10.9 Å². The highest BCUT2D eigenvalue weighted by molar-refractivity contribution is 7.71. The lowest BCUT2D eigenvalue weighted by Gasteiger charge is -2.62. The molecular formula is C32H40N2P2. The van der Waals surface area contributed by atoms with E-state index >= 15 is 0 Å². The molecule has 4 aliphatic rings. The zero-order chi connectivity index (χ0) is 24.9. The van der Waals surface area contributed by atoms with E-state index in [0.717, 1.165) is 29.8 Å². The minimum Gasteiger partial charge on any atom is -0.256 e. The van der Waals surface area contributed by atoms with Gasteiger partial charge in [-0.15, -0.1) is 9.24 Å². The third-order valence-electron chi connectivity index (χ3n) is 9.47. The van der Waals surface area contributed by atoms with Gasteiger partial charge < -0.3 is 0 Å². The average molecular weight is 515 g/mol. The highest BCUT2D eigenvalue weighted by Gasteiger charge is 2.57. The van der Waals surface area contributed by atoms with E-state index in [0.29, 0.717) is 5.41 Å². The van der Waals surface area contributed by atoms with Crippen molar-refractivity contribution in [2.75, 3.05) is 6.16 Å². The normalized spacial score (nSPS) is 29.1. The summed E-state index contributed by atoms with van der Waals surface area (Å²) in [5.41, 5.74) is 7.53. The van der Waals surface area contributed by atoms with Crippen LogP contribution in [0.25, 0.3) is 0 Å². The van der Waals surface area contributed by atoms with Crippen LogP contribution in [0.5, 0.6) is 0 Å². The highest BCUT2D eigenvalue weighted by atomic mass is 31.1. The minimum absolute atomic E-state index is 0.132. The molecule has 2 heterocycles. The fourth-order valence-corrected chi connectivity index (χ4v) is 11.1. The first-order valence-electron chi connectivity index (χ1n) is 13.8. The summed E-state index contributed by atoms with van der Waals surface area (Å²) in [7, 11) is 2.47. The van der Waals surface area contributed by atoms with Gasteiger partial charge in [0, 0.05) is 26.5 Å². The van der Waals surface area contributed by atoms with E-state index in [-0.39, 0.29) is 5.41 Å². The quantitative estimate of drug-likeness (QED) is 0.332. The Balaban J connectivity index is 1.50. The third-order valence-corrected chi connectivity index (χ3v) is 12.3. The molecule has 2 nitrogen and oxygen atoms in total. The van der Waals surface area contributed by atoms with E-state index in [1.54, 1.807) is 11.1 Å². The number of pyridine rings is 2. The molecule has 1 aromatic carbocycles. The predicted octanol–water partition coefficient (Wildman–Crippen LogP) is 6.98. The van der Waals surface area contributed by atoms with Crippen LogP contribution in [-0.2, 0) is 17.0 Å². The van der Waals surface area contributed by atoms with Crippen LogP contribution in [0.2, 0.25) is 0 Å². The first kappa shape index (κ1) is 24.7. The van der Waals surface area contributed by atoms with Crippen molar-refractivity contribution in [2.24, 2.45) is 23.7 Å². The lowest BCUT2D eigenvalue weighted by molar-refractivity contribution is -0.0520. The maximum Gasteiger partial charge on any atom is 0.0695 e. The van der Waals surface area contributed by atoms with Crippen LogP contribution in [-0.4, -0.2) is 16.1 Å². The Bertz CT molecular complexity index is 1150. The standard InChI is InChI=1S/C32H40N2P2/c1-31(2,3)26-10-11-27(32-18-22-14-23(19-32)16-24(15-22)28(32)20-35)25(17-26)21-36(29-8-4-6-12-33-29)30-9-5-7-13-34-30/h4-13,17,22-24,28H,14-16,18-21,35H2,1-3H3. The smallest absolute Gasteiger partial charge is 0.0695 e. The van der Waals surface area contributed by atoms with Gasteiger partial charge in [-0.3, -0.25) is 9.97 Å². The van der Waals surface area contributed by atoms with Crippen molar-refractivity contribution in [3.8, 4) is 0 Å². The first-order valence-corrected chi connectivity index (χ1v) is 16.2. The van der Waals surface area contributed by atoms with E-state index < -0.39 is 7.92 Å². The van der Waals surface area contributed by atoms with Crippen LogP contribution in [0.1, 0.15) is 69.6 Å². The average Bonchev–Trinajstić information content (AvgIpc) is 2.87. The largest absolute Gasteiger partial charge is 0.256 e. The SMILES string of the molecule is CC(C)(C)c1ccc(C23CC4CC(CC(C4)C2CP)C3)c(CP(c2ccccn2)c2ccccn2)c1. The summed E-state index contributed by atoms with van der Waals surface area (Å²) in [4.78, 5) is 9.72. The monoisotopic (exact) mass is 514 g/mol. The molecule has 0 radical (unpaired) electrons.